The Kier molecular flexibility index (Phi) is 11.1. The molecule has 0 fully saturated rings. The molecule has 8 heteroatoms. The molecule has 0 saturated carbocycles. The summed E-state index contributed by atoms with van der Waals surface area (Å²) < 4.78 is 47.4. The van der Waals surface area contributed by atoms with Gasteiger partial charge in [-0.25, -0.2) is 4.18 Å². The van der Waals surface area contributed by atoms with E-state index in [1.54, 1.807) is 6.08 Å². The molecule has 0 bridgehead atoms. The van der Waals surface area contributed by atoms with Gasteiger partial charge in [-0.1, -0.05) is 31.6 Å². The Balaban J connectivity index is 2.49. The van der Waals surface area contributed by atoms with Gasteiger partial charge in [0, 0.05) is 0 Å². The molecule has 0 heterocycles. The Labute approximate surface area is 156 Å². The van der Waals surface area contributed by atoms with E-state index in [-0.39, 0.29) is 13.2 Å². The molecule has 0 aliphatic heterocycles. The van der Waals surface area contributed by atoms with Crippen LogP contribution in [0.2, 0.25) is 0 Å². The molecule has 1 atom stereocenters. The van der Waals surface area contributed by atoms with Gasteiger partial charge in [0.05, 0.1) is 20.3 Å². The van der Waals surface area contributed by atoms with E-state index in [0.717, 1.165) is 26.4 Å². The van der Waals surface area contributed by atoms with Crippen molar-refractivity contribution in [2.75, 3.05) is 33.7 Å². The van der Waals surface area contributed by atoms with Crippen LogP contribution in [0.5, 0.6) is 5.75 Å². The van der Waals surface area contributed by atoms with E-state index in [9.17, 15) is 8.42 Å². The molecular formula is C18H28O7S. The Morgan fingerprint density at radius 3 is 2.54 bits per heavy atom. The van der Waals surface area contributed by atoms with Gasteiger partial charge in [0.15, 0.2) is 6.79 Å². The molecule has 7 nitrogen and oxygen atoms in total. The predicted molar refractivity (Wildman–Crippen MR) is 98.3 cm³/mol. The van der Waals surface area contributed by atoms with Crippen molar-refractivity contribution in [2.45, 2.75) is 32.3 Å². The highest BCUT2D eigenvalue weighted by Gasteiger charge is 2.14. The first-order valence-corrected chi connectivity index (χ1v) is 9.81. The largest absolute Gasteiger partial charge is 0.491 e. The minimum absolute atomic E-state index is 0.182. The standard InChI is InChI=1S/C18H28O7S/c1-4-6-7-16-8-10-17(11-9-16)23-14-18(13-22-12-5-2)24-15-25-26(19,20)21-3/h5,8-11,18H,2,4,6-7,12-15H2,1,3H3. The SMILES string of the molecule is C=CCOCC(COc1ccc(CCCC)cc1)OCOS(=O)(=O)OC. The average Bonchev–Trinajstić information content (AvgIpc) is 2.65. The van der Waals surface area contributed by atoms with Crippen molar-refractivity contribution in [1.29, 1.82) is 0 Å². The van der Waals surface area contributed by atoms with Crippen LogP contribution in [0.4, 0.5) is 0 Å². The molecule has 26 heavy (non-hydrogen) atoms. The van der Waals surface area contributed by atoms with Crippen LogP contribution in [0.25, 0.3) is 0 Å². The summed E-state index contributed by atoms with van der Waals surface area (Å²) in [6.07, 6.45) is 4.45. The van der Waals surface area contributed by atoms with Crippen LogP contribution in [0.1, 0.15) is 25.3 Å². The van der Waals surface area contributed by atoms with Crippen molar-refractivity contribution in [2.24, 2.45) is 0 Å². The highest BCUT2D eigenvalue weighted by Crippen LogP contribution is 2.14. The molecule has 0 radical (unpaired) electrons. The van der Waals surface area contributed by atoms with Crippen LogP contribution in [0.15, 0.2) is 36.9 Å². The molecule has 1 aromatic rings. The third-order valence-electron chi connectivity index (χ3n) is 3.42. The van der Waals surface area contributed by atoms with E-state index in [4.69, 9.17) is 14.2 Å². The molecule has 0 aliphatic rings. The Hall–Kier alpha value is -1.45. The van der Waals surface area contributed by atoms with Crippen molar-refractivity contribution in [1.82, 2.24) is 0 Å². The lowest BCUT2D eigenvalue weighted by atomic mass is 10.1. The van der Waals surface area contributed by atoms with Gasteiger partial charge in [0.1, 0.15) is 18.5 Å². The molecule has 0 N–H and O–H groups in total. The fraction of sp³-hybridized carbons (Fsp3) is 0.556. The summed E-state index contributed by atoms with van der Waals surface area (Å²) in [7, 11) is -3.04. The second kappa shape index (κ2) is 12.8. The fourth-order valence-electron chi connectivity index (χ4n) is 1.98. The van der Waals surface area contributed by atoms with E-state index in [0.29, 0.717) is 12.4 Å². The van der Waals surface area contributed by atoms with E-state index in [1.165, 1.54) is 5.56 Å². The maximum Gasteiger partial charge on any atom is 0.401 e. The lowest BCUT2D eigenvalue weighted by Gasteiger charge is -2.18. The zero-order valence-electron chi connectivity index (χ0n) is 15.4. The first-order valence-electron chi connectivity index (χ1n) is 8.47. The highest BCUT2D eigenvalue weighted by molar-refractivity contribution is 7.81. The van der Waals surface area contributed by atoms with Gasteiger partial charge >= 0.3 is 10.4 Å². The molecule has 1 rings (SSSR count). The van der Waals surface area contributed by atoms with Crippen molar-refractivity contribution >= 4 is 10.4 Å². The number of benzene rings is 1. The zero-order chi connectivity index (χ0) is 19.3. The lowest BCUT2D eigenvalue weighted by Crippen LogP contribution is -2.29. The Morgan fingerprint density at radius 1 is 1.19 bits per heavy atom. The van der Waals surface area contributed by atoms with E-state index in [2.05, 4.69) is 21.9 Å². The number of hydrogen-bond acceptors (Lipinski definition) is 7. The molecule has 1 aromatic carbocycles. The van der Waals surface area contributed by atoms with Crippen LogP contribution >= 0.6 is 0 Å². The maximum absolute atomic E-state index is 11.1. The van der Waals surface area contributed by atoms with Crippen LogP contribution in [0.3, 0.4) is 0 Å². The van der Waals surface area contributed by atoms with Crippen LogP contribution < -0.4 is 4.74 Å². The molecular weight excluding hydrogens is 360 g/mol. The number of aryl methyl sites for hydroxylation is 1. The van der Waals surface area contributed by atoms with Gasteiger partial charge in [-0.15, -0.1) is 6.58 Å². The van der Waals surface area contributed by atoms with Gasteiger partial charge in [-0.3, -0.25) is 4.18 Å². The second-order valence-electron chi connectivity index (χ2n) is 5.48. The Morgan fingerprint density at radius 2 is 1.92 bits per heavy atom. The summed E-state index contributed by atoms with van der Waals surface area (Å²) in [4.78, 5) is 0. The van der Waals surface area contributed by atoms with Gasteiger partial charge in [0.25, 0.3) is 0 Å². The summed E-state index contributed by atoms with van der Waals surface area (Å²) >= 11 is 0. The van der Waals surface area contributed by atoms with Crippen molar-refractivity contribution in [3.8, 4) is 5.75 Å². The number of ether oxygens (including phenoxy) is 3. The van der Waals surface area contributed by atoms with E-state index < -0.39 is 23.3 Å². The topological polar surface area (TPSA) is 80.3 Å². The lowest BCUT2D eigenvalue weighted by molar-refractivity contribution is -0.0836. The van der Waals surface area contributed by atoms with Gasteiger partial charge in [0.2, 0.25) is 0 Å². The number of rotatable bonds is 15. The Bertz CT molecular complexity index is 598. The van der Waals surface area contributed by atoms with Crippen molar-refractivity contribution in [3.63, 3.8) is 0 Å². The number of unbranched alkanes of at least 4 members (excludes halogenated alkanes) is 1. The predicted octanol–water partition coefficient (Wildman–Crippen LogP) is 2.86. The zero-order valence-corrected chi connectivity index (χ0v) is 16.2. The van der Waals surface area contributed by atoms with Gasteiger partial charge in [-0.2, -0.15) is 8.42 Å². The summed E-state index contributed by atoms with van der Waals surface area (Å²) in [5.41, 5.74) is 1.26. The first-order chi connectivity index (χ1) is 12.5. The fourth-order valence-corrected chi connectivity index (χ4v) is 2.25. The summed E-state index contributed by atoms with van der Waals surface area (Å²) in [6, 6.07) is 7.86. The third-order valence-corrected chi connectivity index (χ3v) is 4.21. The summed E-state index contributed by atoms with van der Waals surface area (Å²) in [5.74, 6) is 0.702. The van der Waals surface area contributed by atoms with E-state index >= 15 is 0 Å². The monoisotopic (exact) mass is 388 g/mol. The molecule has 148 valence electrons. The molecule has 0 saturated heterocycles. The molecule has 0 aliphatic carbocycles. The van der Waals surface area contributed by atoms with Crippen molar-refractivity contribution in [3.05, 3.63) is 42.5 Å². The van der Waals surface area contributed by atoms with Crippen LogP contribution in [0, 0.1) is 0 Å². The van der Waals surface area contributed by atoms with Gasteiger partial charge < -0.3 is 14.2 Å². The maximum atomic E-state index is 11.1. The van der Waals surface area contributed by atoms with E-state index in [1.807, 2.05) is 24.3 Å². The highest BCUT2D eigenvalue weighted by atomic mass is 32.3. The minimum atomic E-state index is -4.04. The first kappa shape index (κ1) is 22.6. The summed E-state index contributed by atoms with van der Waals surface area (Å²) in [5, 5.41) is 0. The molecule has 0 amide bonds. The number of hydrogen-bond donors (Lipinski definition) is 0. The smallest absolute Gasteiger partial charge is 0.401 e. The van der Waals surface area contributed by atoms with Gasteiger partial charge in [-0.05, 0) is 30.5 Å². The summed E-state index contributed by atoms with van der Waals surface area (Å²) in [6.45, 7) is 5.98. The van der Waals surface area contributed by atoms with Crippen LogP contribution in [-0.2, 0) is 34.7 Å². The second-order valence-corrected chi connectivity index (χ2v) is 6.87. The molecule has 0 spiro atoms. The normalized spacial score (nSPS) is 12.7. The quantitative estimate of drug-likeness (QED) is 0.260. The molecule has 1 unspecified atom stereocenters. The van der Waals surface area contributed by atoms with Crippen LogP contribution in [-0.4, -0.2) is 48.2 Å². The average molecular weight is 388 g/mol. The van der Waals surface area contributed by atoms with Crippen molar-refractivity contribution < 1.29 is 31.0 Å². The third kappa shape index (κ3) is 9.88. The molecule has 0 aromatic heterocycles. The minimum Gasteiger partial charge on any atom is -0.491 e.